The summed E-state index contributed by atoms with van der Waals surface area (Å²) in [6, 6.07) is 0.379. The Morgan fingerprint density at radius 1 is 1.50 bits per heavy atom. The second kappa shape index (κ2) is 7.17. The van der Waals surface area contributed by atoms with Crippen LogP contribution >= 0.6 is 11.8 Å². The number of amides is 1. The van der Waals surface area contributed by atoms with Gasteiger partial charge in [-0.2, -0.15) is 11.8 Å². The van der Waals surface area contributed by atoms with Crippen LogP contribution in [0.3, 0.4) is 0 Å². The fourth-order valence-corrected chi connectivity index (χ4v) is 2.76. The van der Waals surface area contributed by atoms with E-state index in [1.165, 1.54) is 19.3 Å². The number of carbonyl (C=O) groups excluding carboxylic acids is 1. The van der Waals surface area contributed by atoms with Gasteiger partial charge < -0.3 is 10.2 Å². The lowest BCUT2D eigenvalue weighted by molar-refractivity contribution is -0.133. The summed E-state index contributed by atoms with van der Waals surface area (Å²) >= 11 is 1.79. The van der Waals surface area contributed by atoms with Crippen molar-refractivity contribution in [2.75, 3.05) is 25.6 Å². The minimum Gasteiger partial charge on any atom is -0.341 e. The van der Waals surface area contributed by atoms with Crippen LogP contribution in [0, 0.1) is 0 Å². The normalized spacial score (nSPS) is 23.6. The molecule has 0 aromatic carbocycles. The second-order valence-corrected chi connectivity index (χ2v) is 5.52. The number of nitrogens with one attached hydrogen (secondary N) is 1. The molecule has 16 heavy (non-hydrogen) atoms. The number of hydrogen-bond donors (Lipinski definition) is 1. The van der Waals surface area contributed by atoms with Gasteiger partial charge in [0.15, 0.2) is 0 Å². The minimum atomic E-state index is 0.0526. The third kappa shape index (κ3) is 3.98. The highest BCUT2D eigenvalue weighted by Gasteiger charge is 2.24. The molecule has 3 nitrogen and oxygen atoms in total. The first-order valence-corrected chi connectivity index (χ1v) is 7.55. The summed E-state index contributed by atoms with van der Waals surface area (Å²) in [5.41, 5.74) is 0. The van der Waals surface area contributed by atoms with Crippen molar-refractivity contribution < 1.29 is 4.79 Å². The Morgan fingerprint density at radius 2 is 2.25 bits per heavy atom. The summed E-state index contributed by atoms with van der Waals surface area (Å²) in [7, 11) is 1.93. The Labute approximate surface area is 103 Å². The monoisotopic (exact) mass is 244 g/mol. The molecule has 1 heterocycles. The molecule has 0 bridgehead atoms. The van der Waals surface area contributed by atoms with E-state index >= 15 is 0 Å². The molecule has 4 heteroatoms. The van der Waals surface area contributed by atoms with Crippen molar-refractivity contribution in [3.05, 3.63) is 0 Å². The first-order chi connectivity index (χ1) is 7.66. The number of carbonyl (C=O) groups is 1. The van der Waals surface area contributed by atoms with Crippen LogP contribution in [-0.4, -0.2) is 48.5 Å². The van der Waals surface area contributed by atoms with Gasteiger partial charge in [0, 0.05) is 18.8 Å². The Bertz CT molecular complexity index is 215. The van der Waals surface area contributed by atoms with Gasteiger partial charge in [-0.3, -0.25) is 4.79 Å². The van der Waals surface area contributed by atoms with Crippen molar-refractivity contribution in [3.8, 4) is 0 Å². The summed E-state index contributed by atoms with van der Waals surface area (Å²) in [5.74, 6) is 1.28. The van der Waals surface area contributed by atoms with Crippen LogP contribution in [0.25, 0.3) is 0 Å². The van der Waals surface area contributed by atoms with Crippen molar-refractivity contribution in [2.45, 2.75) is 44.7 Å². The molecule has 0 radical (unpaired) electrons. The number of thioether (sulfide) groups is 1. The molecule has 1 rings (SSSR count). The molecule has 0 aromatic rings. The van der Waals surface area contributed by atoms with Crippen LogP contribution in [0.2, 0.25) is 0 Å². The maximum absolute atomic E-state index is 12.2. The van der Waals surface area contributed by atoms with Gasteiger partial charge in [-0.1, -0.05) is 12.8 Å². The number of hydrogen-bond acceptors (Lipinski definition) is 3. The first-order valence-electron chi connectivity index (χ1n) is 6.15. The molecular weight excluding hydrogens is 220 g/mol. The molecular formula is C12H24N2OS. The molecule has 1 aliphatic rings. The molecule has 0 saturated carbocycles. The van der Waals surface area contributed by atoms with E-state index in [0.29, 0.717) is 6.04 Å². The molecule has 2 unspecified atom stereocenters. The quantitative estimate of drug-likeness (QED) is 0.817. The van der Waals surface area contributed by atoms with Gasteiger partial charge in [-0.25, -0.2) is 0 Å². The van der Waals surface area contributed by atoms with E-state index < -0.39 is 0 Å². The molecule has 94 valence electrons. The SMILES string of the molecule is CSCC(C)N(C)C(=O)C1CCCCCN1. The molecule has 0 aliphatic carbocycles. The minimum absolute atomic E-state index is 0.0526. The van der Waals surface area contributed by atoms with Crippen LogP contribution in [0.4, 0.5) is 0 Å². The van der Waals surface area contributed by atoms with Gasteiger partial charge >= 0.3 is 0 Å². The van der Waals surface area contributed by atoms with Gasteiger partial charge in [0.1, 0.15) is 0 Å². The number of rotatable bonds is 4. The van der Waals surface area contributed by atoms with Crippen molar-refractivity contribution in [1.82, 2.24) is 10.2 Å². The van der Waals surface area contributed by atoms with E-state index in [1.807, 2.05) is 11.9 Å². The average Bonchev–Trinajstić information content (AvgIpc) is 2.56. The van der Waals surface area contributed by atoms with E-state index in [-0.39, 0.29) is 11.9 Å². The van der Waals surface area contributed by atoms with E-state index in [1.54, 1.807) is 11.8 Å². The molecule has 1 fully saturated rings. The summed E-state index contributed by atoms with van der Waals surface area (Å²) in [4.78, 5) is 14.1. The van der Waals surface area contributed by atoms with Crippen LogP contribution < -0.4 is 5.32 Å². The van der Waals surface area contributed by atoms with Crippen LogP contribution in [-0.2, 0) is 4.79 Å². The smallest absolute Gasteiger partial charge is 0.239 e. The summed E-state index contributed by atoms with van der Waals surface area (Å²) < 4.78 is 0. The third-order valence-electron chi connectivity index (χ3n) is 3.28. The van der Waals surface area contributed by atoms with E-state index in [0.717, 1.165) is 18.7 Å². The lowest BCUT2D eigenvalue weighted by Gasteiger charge is -2.28. The Balaban J connectivity index is 2.47. The molecule has 1 aliphatic heterocycles. The van der Waals surface area contributed by atoms with Gasteiger partial charge in [0.25, 0.3) is 0 Å². The Hall–Kier alpha value is -0.220. The zero-order valence-corrected chi connectivity index (χ0v) is 11.5. The third-order valence-corrected chi connectivity index (χ3v) is 4.09. The standard InChI is InChI=1S/C12H24N2OS/c1-10(9-16-3)14(2)12(15)11-7-5-4-6-8-13-11/h10-11,13H,4-9H2,1-3H3. The largest absolute Gasteiger partial charge is 0.341 e. The van der Waals surface area contributed by atoms with Crippen molar-refractivity contribution in [3.63, 3.8) is 0 Å². The highest BCUT2D eigenvalue weighted by Crippen LogP contribution is 2.12. The second-order valence-electron chi connectivity index (χ2n) is 4.61. The Kier molecular flexibility index (Phi) is 6.21. The van der Waals surface area contributed by atoms with Crippen molar-refractivity contribution >= 4 is 17.7 Å². The van der Waals surface area contributed by atoms with Crippen molar-refractivity contribution in [2.24, 2.45) is 0 Å². The van der Waals surface area contributed by atoms with Crippen molar-refractivity contribution in [1.29, 1.82) is 0 Å². The fourth-order valence-electron chi connectivity index (χ4n) is 2.06. The molecule has 0 aromatic heterocycles. The average molecular weight is 244 g/mol. The van der Waals surface area contributed by atoms with Gasteiger partial charge in [0.2, 0.25) is 5.91 Å². The van der Waals surface area contributed by atoms with E-state index in [4.69, 9.17) is 0 Å². The highest BCUT2D eigenvalue weighted by atomic mass is 32.2. The van der Waals surface area contributed by atoms with E-state index in [9.17, 15) is 4.79 Å². The van der Waals surface area contributed by atoms with Gasteiger partial charge in [-0.15, -0.1) is 0 Å². The maximum Gasteiger partial charge on any atom is 0.239 e. The van der Waals surface area contributed by atoms with Gasteiger partial charge in [-0.05, 0) is 32.6 Å². The topological polar surface area (TPSA) is 32.3 Å². The summed E-state index contributed by atoms with van der Waals surface area (Å²) in [6.07, 6.45) is 6.71. The molecule has 0 spiro atoms. The van der Waals surface area contributed by atoms with Crippen LogP contribution in [0.5, 0.6) is 0 Å². The summed E-state index contributed by atoms with van der Waals surface area (Å²) in [6.45, 7) is 3.10. The lowest BCUT2D eigenvalue weighted by Crippen LogP contribution is -2.48. The highest BCUT2D eigenvalue weighted by molar-refractivity contribution is 7.98. The number of likely N-dealkylation sites (N-methyl/N-ethyl adjacent to an activating group) is 1. The lowest BCUT2D eigenvalue weighted by atomic mass is 10.1. The zero-order chi connectivity index (χ0) is 12.0. The predicted octanol–water partition coefficient (Wildman–Crippen LogP) is 1.73. The summed E-state index contributed by atoms with van der Waals surface area (Å²) in [5, 5.41) is 3.36. The van der Waals surface area contributed by atoms with Crippen LogP contribution in [0.15, 0.2) is 0 Å². The zero-order valence-electron chi connectivity index (χ0n) is 10.7. The fraction of sp³-hybridized carbons (Fsp3) is 0.917. The first kappa shape index (κ1) is 13.8. The predicted molar refractivity (Wildman–Crippen MR) is 70.9 cm³/mol. The van der Waals surface area contributed by atoms with Gasteiger partial charge in [0.05, 0.1) is 6.04 Å². The Morgan fingerprint density at radius 3 is 2.94 bits per heavy atom. The maximum atomic E-state index is 12.2. The number of nitrogens with zero attached hydrogens (tertiary/aromatic N) is 1. The molecule has 1 saturated heterocycles. The molecule has 2 atom stereocenters. The van der Waals surface area contributed by atoms with Crippen LogP contribution in [0.1, 0.15) is 32.6 Å². The van der Waals surface area contributed by atoms with E-state index in [2.05, 4.69) is 18.5 Å². The molecule has 1 N–H and O–H groups in total. The molecule has 1 amide bonds.